The Hall–Kier alpha value is -2.44. The number of aliphatic carboxylic acids is 1. The van der Waals surface area contributed by atoms with Gasteiger partial charge in [-0.05, 0) is 0 Å². The van der Waals surface area contributed by atoms with Crippen molar-refractivity contribution in [1.82, 2.24) is 0 Å². The second-order valence-corrected chi connectivity index (χ2v) is 2.37. The largest absolute Gasteiger partial charge is 0.481 e. The normalized spacial score (nSPS) is 11.2. The van der Waals surface area contributed by atoms with E-state index in [0.29, 0.717) is 0 Å². The van der Waals surface area contributed by atoms with Gasteiger partial charge in [-0.3, -0.25) is 9.59 Å². The standard InChI is InChI=1S/C4H2O3.C4H6O2.C2H4O2/c5-3-1-2-4(6)7-3;1-3-6-4(2)5;1-2(3)4/h1-2H;3H,1H2,2H3;1H3,(H,3,4). The summed E-state index contributed by atoms with van der Waals surface area (Å²) in [4.78, 5) is 38.6. The molecule has 0 fully saturated rings. The van der Waals surface area contributed by atoms with Gasteiger partial charge in [-0.2, -0.15) is 0 Å². The number of rotatable bonds is 1. The van der Waals surface area contributed by atoms with Crippen molar-refractivity contribution in [3.8, 4) is 0 Å². The van der Waals surface area contributed by atoms with Crippen LogP contribution in [0.5, 0.6) is 0 Å². The van der Waals surface area contributed by atoms with Gasteiger partial charge in [0.15, 0.2) is 0 Å². The molecule has 0 unspecified atom stereocenters. The Bertz CT molecular complexity index is 321. The van der Waals surface area contributed by atoms with Crippen molar-refractivity contribution in [3.05, 3.63) is 25.0 Å². The maximum Gasteiger partial charge on any atom is 0.338 e. The van der Waals surface area contributed by atoms with Crippen molar-refractivity contribution in [2.75, 3.05) is 0 Å². The third-order valence-corrected chi connectivity index (χ3v) is 0.806. The minimum absolute atomic E-state index is 0.329. The Labute approximate surface area is 97.3 Å². The van der Waals surface area contributed by atoms with E-state index in [4.69, 9.17) is 9.90 Å². The van der Waals surface area contributed by atoms with E-state index in [2.05, 4.69) is 16.1 Å². The molecule has 0 aliphatic carbocycles. The van der Waals surface area contributed by atoms with Crippen molar-refractivity contribution in [3.63, 3.8) is 0 Å². The molecule has 17 heavy (non-hydrogen) atoms. The molecule has 1 heterocycles. The summed E-state index contributed by atoms with van der Waals surface area (Å²) >= 11 is 0. The predicted octanol–water partition coefficient (Wildman–Crippen LogP) is 0.410. The number of ether oxygens (including phenoxy) is 2. The monoisotopic (exact) mass is 244 g/mol. The van der Waals surface area contributed by atoms with Crippen LogP contribution in [0.4, 0.5) is 0 Å². The number of carboxylic acids is 1. The van der Waals surface area contributed by atoms with E-state index in [1.165, 1.54) is 6.92 Å². The smallest absolute Gasteiger partial charge is 0.338 e. The summed E-state index contributed by atoms with van der Waals surface area (Å²) < 4.78 is 8.14. The van der Waals surface area contributed by atoms with Crippen molar-refractivity contribution in [2.24, 2.45) is 0 Å². The average Bonchev–Trinajstić information content (AvgIpc) is 2.49. The van der Waals surface area contributed by atoms with Gasteiger partial charge in [-0.15, -0.1) is 0 Å². The predicted molar refractivity (Wildman–Crippen MR) is 55.5 cm³/mol. The Morgan fingerprint density at radius 2 is 1.65 bits per heavy atom. The number of esters is 3. The van der Waals surface area contributed by atoms with E-state index in [9.17, 15) is 14.4 Å². The van der Waals surface area contributed by atoms with Gasteiger partial charge in [0, 0.05) is 26.0 Å². The topological polar surface area (TPSA) is 107 Å². The lowest BCUT2D eigenvalue weighted by molar-refractivity contribution is -0.150. The van der Waals surface area contributed by atoms with Gasteiger partial charge >= 0.3 is 17.9 Å². The van der Waals surface area contributed by atoms with E-state index in [1.54, 1.807) is 0 Å². The first kappa shape index (κ1) is 17.0. The molecule has 1 aliphatic rings. The van der Waals surface area contributed by atoms with Crippen LogP contribution < -0.4 is 0 Å². The number of carboxylic acid groups (broad SMARTS) is 1. The highest BCUT2D eigenvalue weighted by molar-refractivity contribution is 6.04. The molecule has 1 N–H and O–H groups in total. The van der Waals surface area contributed by atoms with Crippen LogP contribution in [-0.4, -0.2) is 29.0 Å². The Morgan fingerprint density at radius 3 is 1.71 bits per heavy atom. The van der Waals surface area contributed by atoms with Gasteiger partial charge < -0.3 is 14.6 Å². The van der Waals surface area contributed by atoms with E-state index in [0.717, 1.165) is 25.3 Å². The summed E-state index contributed by atoms with van der Waals surface area (Å²) in [6.45, 7) is 5.56. The minimum atomic E-state index is -0.833. The van der Waals surface area contributed by atoms with Crippen LogP contribution in [0.25, 0.3) is 0 Å². The molecule has 1 aliphatic heterocycles. The van der Waals surface area contributed by atoms with E-state index in [-0.39, 0.29) is 5.97 Å². The fourth-order valence-corrected chi connectivity index (χ4v) is 0.421. The van der Waals surface area contributed by atoms with Crippen molar-refractivity contribution in [1.29, 1.82) is 0 Å². The van der Waals surface area contributed by atoms with Gasteiger partial charge in [0.1, 0.15) is 0 Å². The zero-order valence-corrected chi connectivity index (χ0v) is 9.34. The highest BCUT2D eigenvalue weighted by Gasteiger charge is 2.10. The van der Waals surface area contributed by atoms with E-state index < -0.39 is 17.9 Å². The lowest BCUT2D eigenvalue weighted by Gasteiger charge is -1.83. The molecular formula is C10H12O7. The van der Waals surface area contributed by atoms with Gasteiger partial charge in [0.25, 0.3) is 5.97 Å². The van der Waals surface area contributed by atoms with Crippen LogP contribution in [0.15, 0.2) is 25.0 Å². The average molecular weight is 244 g/mol. The van der Waals surface area contributed by atoms with Gasteiger partial charge in [0.05, 0.1) is 6.26 Å². The quantitative estimate of drug-likeness (QED) is 0.404. The molecule has 0 amide bonds. The molecule has 0 saturated carbocycles. The zero-order chi connectivity index (χ0) is 13.8. The van der Waals surface area contributed by atoms with E-state index >= 15 is 0 Å². The number of hydrogen-bond donors (Lipinski definition) is 1. The van der Waals surface area contributed by atoms with Crippen LogP contribution in [-0.2, 0) is 28.7 Å². The number of carbonyl (C=O) groups excluding carboxylic acids is 3. The maximum atomic E-state index is 9.92. The van der Waals surface area contributed by atoms with Crippen molar-refractivity contribution in [2.45, 2.75) is 13.8 Å². The molecule has 0 bridgehead atoms. The van der Waals surface area contributed by atoms with Crippen LogP contribution in [0.2, 0.25) is 0 Å². The molecule has 0 aromatic carbocycles. The summed E-state index contributed by atoms with van der Waals surface area (Å²) in [5, 5.41) is 7.42. The molecule has 0 aromatic rings. The molecule has 7 nitrogen and oxygen atoms in total. The van der Waals surface area contributed by atoms with Crippen molar-refractivity contribution < 1.29 is 33.8 Å². The lowest BCUT2D eigenvalue weighted by Crippen LogP contribution is -1.96. The maximum absolute atomic E-state index is 9.92. The molecule has 0 spiro atoms. The Balaban J connectivity index is 0. The highest BCUT2D eigenvalue weighted by atomic mass is 16.6. The fraction of sp³-hybridized carbons (Fsp3) is 0.200. The highest BCUT2D eigenvalue weighted by Crippen LogP contribution is 1.92. The first-order valence-corrected chi connectivity index (χ1v) is 4.21. The summed E-state index contributed by atoms with van der Waals surface area (Å²) in [6.07, 6.45) is 3.27. The van der Waals surface area contributed by atoms with Crippen LogP contribution >= 0.6 is 0 Å². The second kappa shape index (κ2) is 10.1. The lowest BCUT2D eigenvalue weighted by atomic mass is 10.6. The molecule has 0 saturated heterocycles. The van der Waals surface area contributed by atoms with Gasteiger partial charge in [-0.25, -0.2) is 9.59 Å². The summed E-state index contributed by atoms with van der Waals surface area (Å²) in [5.74, 6) is -2.32. The van der Waals surface area contributed by atoms with Crippen molar-refractivity contribution >= 4 is 23.9 Å². The first-order chi connectivity index (χ1) is 7.79. The number of carbonyl (C=O) groups is 4. The molecule has 1 rings (SSSR count). The molecule has 94 valence electrons. The molecule has 0 aromatic heterocycles. The molecule has 7 heteroatoms. The van der Waals surface area contributed by atoms with Crippen LogP contribution in [0.3, 0.4) is 0 Å². The summed E-state index contributed by atoms with van der Waals surface area (Å²) in [5.41, 5.74) is 0. The zero-order valence-electron chi connectivity index (χ0n) is 9.34. The molecular weight excluding hydrogens is 232 g/mol. The Kier molecular flexibility index (Phi) is 10.1. The van der Waals surface area contributed by atoms with Crippen LogP contribution in [0, 0.1) is 0 Å². The number of hydrogen-bond acceptors (Lipinski definition) is 6. The second-order valence-electron chi connectivity index (χ2n) is 2.37. The minimum Gasteiger partial charge on any atom is -0.481 e. The third-order valence-electron chi connectivity index (χ3n) is 0.806. The summed E-state index contributed by atoms with van der Waals surface area (Å²) in [7, 11) is 0. The molecule has 0 atom stereocenters. The first-order valence-electron chi connectivity index (χ1n) is 4.21. The van der Waals surface area contributed by atoms with Crippen LogP contribution in [0.1, 0.15) is 13.8 Å². The summed E-state index contributed by atoms with van der Waals surface area (Å²) in [6, 6.07) is 0. The van der Waals surface area contributed by atoms with E-state index in [1.807, 2.05) is 0 Å². The fourth-order valence-electron chi connectivity index (χ4n) is 0.421. The van der Waals surface area contributed by atoms with Gasteiger partial charge in [0.2, 0.25) is 0 Å². The molecule has 0 radical (unpaired) electrons. The Morgan fingerprint density at radius 1 is 1.29 bits per heavy atom. The SMILES string of the molecule is C=COC(C)=O.CC(=O)O.O=C1C=CC(=O)O1. The van der Waals surface area contributed by atoms with Gasteiger partial charge in [-0.1, -0.05) is 6.58 Å². The third kappa shape index (κ3) is 19.8. The number of cyclic esters (lactones) is 2.